The van der Waals surface area contributed by atoms with Crippen LogP contribution in [0.15, 0.2) is 29.2 Å². The van der Waals surface area contributed by atoms with Crippen LogP contribution in [-0.2, 0) is 10.1 Å². The van der Waals surface area contributed by atoms with Gasteiger partial charge in [0.25, 0.3) is 10.1 Å². The number of rotatable bonds is 5. The van der Waals surface area contributed by atoms with Crippen molar-refractivity contribution in [3.05, 3.63) is 29.8 Å². The van der Waals surface area contributed by atoms with Crippen LogP contribution in [0.5, 0.6) is 0 Å². The molecule has 1 aromatic carbocycles. The lowest BCUT2D eigenvalue weighted by Crippen LogP contribution is -2.13. The normalized spacial score (nSPS) is 14.5. The molecule has 0 bridgehead atoms. The van der Waals surface area contributed by atoms with E-state index in [2.05, 4.69) is 27.7 Å². The minimum Gasteiger partial charge on any atom is -0.282 e. The fourth-order valence-electron chi connectivity index (χ4n) is 2.06. The van der Waals surface area contributed by atoms with Gasteiger partial charge in [-0.05, 0) is 35.4 Å². The van der Waals surface area contributed by atoms with Crippen LogP contribution in [0.1, 0.15) is 52.0 Å². The first-order valence-electron chi connectivity index (χ1n) is 6.23. The standard InChI is InChI=1S/C14H22O3S/c1-5-14(3,4)10-11(2)12-6-8-13(9-7-12)18(15,16)17/h6-9,11H,5,10H2,1-4H3,(H,15,16,17). The number of hydrogen-bond acceptors (Lipinski definition) is 2. The van der Waals surface area contributed by atoms with Crippen molar-refractivity contribution in [2.45, 2.75) is 51.3 Å². The minimum absolute atomic E-state index is 0.0480. The molecule has 1 aromatic rings. The summed E-state index contributed by atoms with van der Waals surface area (Å²) in [6.07, 6.45) is 2.16. The Balaban J connectivity index is 2.86. The van der Waals surface area contributed by atoms with Crippen molar-refractivity contribution in [3.8, 4) is 0 Å². The molecule has 1 rings (SSSR count). The molecule has 3 nitrogen and oxygen atoms in total. The SMILES string of the molecule is CCC(C)(C)CC(C)c1ccc(S(=O)(=O)O)cc1. The van der Waals surface area contributed by atoms with Crippen molar-refractivity contribution >= 4 is 10.1 Å². The topological polar surface area (TPSA) is 54.4 Å². The molecule has 0 heterocycles. The zero-order valence-corrected chi connectivity index (χ0v) is 12.3. The first kappa shape index (κ1) is 15.2. The maximum absolute atomic E-state index is 10.9. The molecule has 0 aliphatic carbocycles. The van der Waals surface area contributed by atoms with Gasteiger partial charge in [0.05, 0.1) is 4.90 Å². The van der Waals surface area contributed by atoms with Gasteiger partial charge in [-0.15, -0.1) is 0 Å². The maximum Gasteiger partial charge on any atom is 0.294 e. The number of hydrogen-bond donors (Lipinski definition) is 1. The molecule has 0 spiro atoms. The largest absolute Gasteiger partial charge is 0.294 e. The van der Waals surface area contributed by atoms with E-state index in [1.165, 1.54) is 12.1 Å². The predicted octanol–water partition coefficient (Wildman–Crippen LogP) is 3.86. The zero-order valence-electron chi connectivity index (χ0n) is 11.5. The Kier molecular flexibility index (Phi) is 4.56. The molecule has 4 heteroatoms. The van der Waals surface area contributed by atoms with Crippen LogP contribution >= 0.6 is 0 Å². The first-order chi connectivity index (χ1) is 8.15. The van der Waals surface area contributed by atoms with Gasteiger partial charge in [-0.1, -0.05) is 46.2 Å². The summed E-state index contributed by atoms with van der Waals surface area (Å²) in [5.41, 5.74) is 1.38. The molecule has 1 N–H and O–H groups in total. The van der Waals surface area contributed by atoms with Crippen LogP contribution in [0.25, 0.3) is 0 Å². The molecule has 0 fully saturated rings. The van der Waals surface area contributed by atoms with Crippen molar-refractivity contribution in [2.75, 3.05) is 0 Å². The highest BCUT2D eigenvalue weighted by Crippen LogP contribution is 2.33. The monoisotopic (exact) mass is 270 g/mol. The third-order valence-corrected chi connectivity index (χ3v) is 4.43. The summed E-state index contributed by atoms with van der Waals surface area (Å²) in [5, 5.41) is 0. The van der Waals surface area contributed by atoms with E-state index in [1.807, 2.05) is 0 Å². The van der Waals surface area contributed by atoms with Crippen LogP contribution in [-0.4, -0.2) is 13.0 Å². The van der Waals surface area contributed by atoms with Gasteiger partial charge in [0.2, 0.25) is 0 Å². The fourth-order valence-corrected chi connectivity index (χ4v) is 2.54. The Morgan fingerprint density at radius 3 is 2.11 bits per heavy atom. The Bertz CT molecular complexity index is 486. The highest BCUT2D eigenvalue weighted by atomic mass is 32.2. The summed E-state index contributed by atoms with van der Waals surface area (Å²) < 4.78 is 30.8. The van der Waals surface area contributed by atoms with E-state index in [4.69, 9.17) is 4.55 Å². The van der Waals surface area contributed by atoms with Crippen LogP contribution in [0, 0.1) is 5.41 Å². The van der Waals surface area contributed by atoms with E-state index in [-0.39, 0.29) is 10.3 Å². The van der Waals surface area contributed by atoms with Gasteiger partial charge >= 0.3 is 0 Å². The van der Waals surface area contributed by atoms with Crippen LogP contribution in [0.2, 0.25) is 0 Å². The van der Waals surface area contributed by atoms with Crippen LogP contribution in [0.3, 0.4) is 0 Å². The minimum atomic E-state index is -4.09. The lowest BCUT2D eigenvalue weighted by molar-refractivity contribution is 0.299. The molecule has 0 radical (unpaired) electrons. The molecule has 1 atom stereocenters. The lowest BCUT2D eigenvalue weighted by atomic mass is 9.79. The molecule has 0 amide bonds. The average molecular weight is 270 g/mol. The van der Waals surface area contributed by atoms with Gasteiger partial charge in [-0.25, -0.2) is 0 Å². The highest BCUT2D eigenvalue weighted by Gasteiger charge is 2.20. The Labute approximate surface area is 110 Å². The predicted molar refractivity (Wildman–Crippen MR) is 73.4 cm³/mol. The number of benzene rings is 1. The maximum atomic E-state index is 10.9. The molecule has 1 unspecified atom stereocenters. The molecule has 0 aromatic heterocycles. The second kappa shape index (κ2) is 5.41. The van der Waals surface area contributed by atoms with Crippen molar-refractivity contribution < 1.29 is 13.0 Å². The van der Waals surface area contributed by atoms with E-state index in [9.17, 15) is 8.42 Å². The zero-order chi connectivity index (χ0) is 14.0. The lowest BCUT2D eigenvalue weighted by Gasteiger charge is -2.26. The van der Waals surface area contributed by atoms with Crippen molar-refractivity contribution in [1.29, 1.82) is 0 Å². The Morgan fingerprint density at radius 1 is 1.22 bits per heavy atom. The molecule has 0 saturated carbocycles. The summed E-state index contributed by atoms with van der Waals surface area (Å²) in [6.45, 7) is 8.78. The summed E-state index contributed by atoms with van der Waals surface area (Å²) >= 11 is 0. The van der Waals surface area contributed by atoms with Gasteiger partial charge in [-0.2, -0.15) is 8.42 Å². The van der Waals surface area contributed by atoms with Gasteiger partial charge < -0.3 is 0 Å². The molecule has 0 saturated heterocycles. The van der Waals surface area contributed by atoms with E-state index in [0.29, 0.717) is 5.92 Å². The van der Waals surface area contributed by atoms with Crippen LogP contribution < -0.4 is 0 Å². The molecule has 0 aliphatic heterocycles. The van der Waals surface area contributed by atoms with Gasteiger partial charge in [0.1, 0.15) is 0 Å². The summed E-state index contributed by atoms with van der Waals surface area (Å²) in [5.74, 6) is 0.371. The first-order valence-corrected chi connectivity index (χ1v) is 7.67. The van der Waals surface area contributed by atoms with Gasteiger partial charge in [0.15, 0.2) is 0 Å². The van der Waals surface area contributed by atoms with Crippen molar-refractivity contribution in [3.63, 3.8) is 0 Å². The van der Waals surface area contributed by atoms with Crippen molar-refractivity contribution in [1.82, 2.24) is 0 Å². The van der Waals surface area contributed by atoms with Crippen molar-refractivity contribution in [2.24, 2.45) is 5.41 Å². The molecular weight excluding hydrogens is 248 g/mol. The van der Waals surface area contributed by atoms with E-state index in [1.54, 1.807) is 12.1 Å². The quantitative estimate of drug-likeness (QED) is 0.826. The summed E-state index contributed by atoms with van der Waals surface area (Å²) in [6, 6.07) is 6.47. The second-order valence-corrected chi connectivity index (χ2v) is 7.09. The fraction of sp³-hybridized carbons (Fsp3) is 0.571. The summed E-state index contributed by atoms with van der Waals surface area (Å²) in [7, 11) is -4.09. The molecule has 102 valence electrons. The smallest absolute Gasteiger partial charge is 0.282 e. The Hall–Kier alpha value is -0.870. The van der Waals surface area contributed by atoms with E-state index < -0.39 is 10.1 Å². The van der Waals surface area contributed by atoms with E-state index in [0.717, 1.165) is 18.4 Å². The molecule has 0 aliphatic rings. The third-order valence-electron chi connectivity index (χ3n) is 3.56. The van der Waals surface area contributed by atoms with Gasteiger partial charge in [0, 0.05) is 0 Å². The summed E-state index contributed by atoms with van der Waals surface area (Å²) in [4.78, 5) is -0.0480. The average Bonchev–Trinajstić information content (AvgIpc) is 2.27. The van der Waals surface area contributed by atoms with Gasteiger partial charge in [-0.3, -0.25) is 4.55 Å². The van der Waals surface area contributed by atoms with Crippen LogP contribution in [0.4, 0.5) is 0 Å². The highest BCUT2D eigenvalue weighted by molar-refractivity contribution is 7.85. The third kappa shape index (κ3) is 4.10. The molecule has 18 heavy (non-hydrogen) atoms. The molecular formula is C14H22O3S. The Morgan fingerprint density at radius 2 is 1.72 bits per heavy atom. The van der Waals surface area contributed by atoms with E-state index >= 15 is 0 Å². The second-order valence-electron chi connectivity index (χ2n) is 5.67.